The average molecular weight is 393 g/mol. The number of amides is 1. The van der Waals surface area contributed by atoms with Crippen molar-refractivity contribution < 1.29 is 4.79 Å². The molecule has 0 unspecified atom stereocenters. The minimum absolute atomic E-state index is 0.119. The monoisotopic (exact) mass is 392 g/mol. The summed E-state index contributed by atoms with van der Waals surface area (Å²) in [5, 5.41) is 13.0. The molecule has 1 amide bonds. The number of thiazole rings is 1. The minimum Gasteiger partial charge on any atom is -0.346 e. The Kier molecular flexibility index (Phi) is 5.73. The van der Waals surface area contributed by atoms with Crippen molar-refractivity contribution in [2.24, 2.45) is 0 Å². The Morgan fingerprint density at radius 3 is 2.88 bits per heavy atom. The van der Waals surface area contributed by atoms with E-state index in [0.29, 0.717) is 23.0 Å². The molecule has 0 aromatic carbocycles. The second kappa shape index (κ2) is 8.01. The third kappa shape index (κ3) is 4.31. The largest absolute Gasteiger partial charge is 0.346 e. The van der Waals surface area contributed by atoms with E-state index in [1.807, 2.05) is 30.8 Å². The number of rotatable bonds is 7. The first kappa shape index (κ1) is 18.6. The van der Waals surface area contributed by atoms with Gasteiger partial charge in [-0.1, -0.05) is 18.5 Å². The van der Waals surface area contributed by atoms with E-state index in [1.165, 1.54) is 11.3 Å². The van der Waals surface area contributed by atoms with Crippen molar-refractivity contribution >= 4 is 28.8 Å². The van der Waals surface area contributed by atoms with E-state index in [-0.39, 0.29) is 11.8 Å². The number of nitrogens with one attached hydrogen (secondary N) is 1. The standard InChI is InChI=1S/C17H21ClN6OS/c1-4-23-6-5-14(22-23)8-19-16(25)15-12(3)21-17(26-15)11(2)9-24-10-13(18)7-20-24/h5-7,10-11H,4,8-9H2,1-3H3,(H,19,25)/t11-/m0/s1. The third-order valence-corrected chi connectivity index (χ3v) is 5.54. The van der Waals surface area contributed by atoms with Crippen LogP contribution in [0.1, 0.15) is 45.8 Å². The molecule has 3 rings (SSSR count). The molecule has 0 spiro atoms. The molecule has 3 heterocycles. The van der Waals surface area contributed by atoms with E-state index >= 15 is 0 Å². The summed E-state index contributed by atoms with van der Waals surface area (Å²) in [6, 6.07) is 1.91. The topological polar surface area (TPSA) is 77.6 Å². The van der Waals surface area contributed by atoms with Crippen molar-refractivity contribution in [2.75, 3.05) is 0 Å². The fourth-order valence-electron chi connectivity index (χ4n) is 2.56. The number of aryl methyl sites for hydroxylation is 2. The van der Waals surface area contributed by atoms with Crippen LogP contribution >= 0.6 is 22.9 Å². The molecule has 1 N–H and O–H groups in total. The first-order valence-electron chi connectivity index (χ1n) is 8.42. The molecule has 0 saturated heterocycles. The van der Waals surface area contributed by atoms with Crippen molar-refractivity contribution in [1.82, 2.24) is 29.9 Å². The highest BCUT2D eigenvalue weighted by Crippen LogP contribution is 2.26. The van der Waals surface area contributed by atoms with Crippen molar-refractivity contribution in [3.63, 3.8) is 0 Å². The van der Waals surface area contributed by atoms with Gasteiger partial charge in [0.2, 0.25) is 0 Å². The van der Waals surface area contributed by atoms with Crippen molar-refractivity contribution in [1.29, 1.82) is 0 Å². The lowest BCUT2D eigenvalue weighted by molar-refractivity contribution is 0.0953. The van der Waals surface area contributed by atoms with Gasteiger partial charge in [0.1, 0.15) is 4.88 Å². The molecule has 7 nitrogen and oxygen atoms in total. The molecule has 3 aromatic rings. The average Bonchev–Trinajstić information content (AvgIpc) is 3.32. The van der Waals surface area contributed by atoms with Crippen molar-refractivity contribution in [2.45, 2.75) is 46.3 Å². The zero-order valence-corrected chi connectivity index (χ0v) is 16.5. The van der Waals surface area contributed by atoms with Gasteiger partial charge in [-0.05, 0) is 19.9 Å². The molecule has 0 saturated carbocycles. The molecule has 0 bridgehead atoms. The smallest absolute Gasteiger partial charge is 0.263 e. The quantitative estimate of drug-likeness (QED) is 0.669. The maximum absolute atomic E-state index is 12.5. The predicted octanol–water partition coefficient (Wildman–Crippen LogP) is 3.25. The number of carbonyl (C=O) groups excluding carboxylic acids is 1. The first-order chi connectivity index (χ1) is 12.5. The zero-order valence-electron chi connectivity index (χ0n) is 14.9. The summed E-state index contributed by atoms with van der Waals surface area (Å²) < 4.78 is 3.62. The maximum Gasteiger partial charge on any atom is 0.263 e. The van der Waals surface area contributed by atoms with Gasteiger partial charge >= 0.3 is 0 Å². The minimum atomic E-state index is -0.119. The SMILES string of the molecule is CCn1ccc(CNC(=O)c2sc([C@@H](C)Cn3cc(Cl)cn3)nc2C)n1. The summed E-state index contributed by atoms with van der Waals surface area (Å²) in [5.74, 6) is 0.0168. The van der Waals surface area contributed by atoms with E-state index in [2.05, 4.69) is 27.4 Å². The van der Waals surface area contributed by atoms with Gasteiger partial charge in [0.25, 0.3) is 5.91 Å². The van der Waals surface area contributed by atoms with Crippen LogP contribution in [0, 0.1) is 6.92 Å². The molecule has 3 aromatic heterocycles. The van der Waals surface area contributed by atoms with Crippen LogP contribution in [0.4, 0.5) is 0 Å². The summed E-state index contributed by atoms with van der Waals surface area (Å²) in [6.45, 7) is 7.82. The fraction of sp³-hybridized carbons (Fsp3) is 0.412. The third-order valence-electron chi connectivity index (χ3n) is 3.95. The molecule has 0 fully saturated rings. The van der Waals surface area contributed by atoms with Crippen molar-refractivity contribution in [3.8, 4) is 0 Å². The van der Waals surface area contributed by atoms with Crippen LogP contribution in [-0.4, -0.2) is 30.5 Å². The van der Waals surface area contributed by atoms with Gasteiger partial charge in [0.15, 0.2) is 0 Å². The van der Waals surface area contributed by atoms with Gasteiger partial charge in [-0.15, -0.1) is 11.3 Å². The van der Waals surface area contributed by atoms with E-state index < -0.39 is 0 Å². The molecule has 0 aliphatic rings. The molecule has 26 heavy (non-hydrogen) atoms. The Hall–Kier alpha value is -2.19. The highest BCUT2D eigenvalue weighted by Gasteiger charge is 2.19. The normalized spacial score (nSPS) is 12.3. The van der Waals surface area contributed by atoms with Gasteiger partial charge in [-0.25, -0.2) is 4.98 Å². The van der Waals surface area contributed by atoms with E-state index in [9.17, 15) is 4.79 Å². The Labute approximate surface area is 161 Å². The molecular formula is C17H21ClN6OS. The van der Waals surface area contributed by atoms with Crippen LogP contribution in [0.5, 0.6) is 0 Å². The molecule has 0 radical (unpaired) electrons. The summed E-state index contributed by atoms with van der Waals surface area (Å²) in [6.07, 6.45) is 5.29. The van der Waals surface area contributed by atoms with Crippen LogP contribution < -0.4 is 5.32 Å². The summed E-state index contributed by atoms with van der Waals surface area (Å²) >= 11 is 7.32. The molecular weight excluding hydrogens is 372 g/mol. The maximum atomic E-state index is 12.5. The highest BCUT2D eigenvalue weighted by molar-refractivity contribution is 7.13. The van der Waals surface area contributed by atoms with Gasteiger partial charge in [0, 0.05) is 31.4 Å². The molecule has 0 aliphatic heterocycles. The lowest BCUT2D eigenvalue weighted by Gasteiger charge is -2.07. The number of nitrogens with zero attached hydrogens (tertiary/aromatic N) is 5. The molecule has 0 aliphatic carbocycles. The van der Waals surface area contributed by atoms with E-state index in [1.54, 1.807) is 17.1 Å². The summed E-state index contributed by atoms with van der Waals surface area (Å²) in [4.78, 5) is 17.7. The lowest BCUT2D eigenvalue weighted by atomic mass is 10.2. The first-order valence-corrected chi connectivity index (χ1v) is 9.61. The molecule has 9 heteroatoms. The molecule has 138 valence electrons. The number of hydrogen-bond donors (Lipinski definition) is 1. The van der Waals surface area contributed by atoms with E-state index in [4.69, 9.17) is 11.6 Å². The Balaban J connectivity index is 1.63. The van der Waals surface area contributed by atoms with Crippen LogP contribution in [-0.2, 0) is 19.6 Å². The number of carbonyl (C=O) groups is 1. The van der Waals surface area contributed by atoms with E-state index in [0.717, 1.165) is 22.9 Å². The van der Waals surface area contributed by atoms with Crippen LogP contribution in [0.3, 0.4) is 0 Å². The number of aromatic nitrogens is 5. The second-order valence-electron chi connectivity index (χ2n) is 6.09. The van der Waals surface area contributed by atoms with Gasteiger partial charge < -0.3 is 5.32 Å². The zero-order chi connectivity index (χ0) is 18.7. The fourth-order valence-corrected chi connectivity index (χ4v) is 3.74. The summed E-state index contributed by atoms with van der Waals surface area (Å²) in [5.41, 5.74) is 1.58. The van der Waals surface area contributed by atoms with Crippen molar-refractivity contribution in [3.05, 3.63) is 51.0 Å². The van der Waals surface area contributed by atoms with Crippen LogP contribution in [0.2, 0.25) is 5.02 Å². The Morgan fingerprint density at radius 1 is 1.42 bits per heavy atom. The van der Waals surface area contributed by atoms with Gasteiger partial charge in [0.05, 0.1) is 34.2 Å². The second-order valence-corrected chi connectivity index (χ2v) is 7.56. The predicted molar refractivity (Wildman–Crippen MR) is 102 cm³/mol. The number of hydrogen-bond acceptors (Lipinski definition) is 5. The molecule has 1 atom stereocenters. The Morgan fingerprint density at radius 2 is 2.23 bits per heavy atom. The lowest BCUT2D eigenvalue weighted by Crippen LogP contribution is -2.23. The summed E-state index contributed by atoms with van der Waals surface area (Å²) in [7, 11) is 0. The Bertz CT molecular complexity index is 899. The number of halogens is 1. The highest BCUT2D eigenvalue weighted by atomic mass is 35.5. The van der Waals surface area contributed by atoms with Gasteiger partial charge in [-0.3, -0.25) is 14.2 Å². The van der Waals surface area contributed by atoms with Gasteiger partial charge in [-0.2, -0.15) is 10.2 Å². The van der Waals surface area contributed by atoms with Crippen LogP contribution in [0.15, 0.2) is 24.7 Å². The van der Waals surface area contributed by atoms with Crippen LogP contribution in [0.25, 0.3) is 0 Å².